The van der Waals surface area contributed by atoms with E-state index in [1.807, 2.05) is 12.1 Å². The maximum Gasteiger partial charge on any atom is 0.311 e. The number of benzene rings is 2. The first-order valence-electron chi connectivity index (χ1n) is 13.8. The van der Waals surface area contributed by atoms with Gasteiger partial charge in [0, 0.05) is 41.4 Å². The van der Waals surface area contributed by atoms with Crippen LogP contribution in [0.1, 0.15) is 70.1 Å². The molecular formula is C30H39BrN4O3. The summed E-state index contributed by atoms with van der Waals surface area (Å²) in [7, 11) is 1.51. The molecule has 2 aliphatic carbocycles. The van der Waals surface area contributed by atoms with E-state index >= 15 is 0 Å². The minimum Gasteiger partial charge on any atom is -0.508 e. The van der Waals surface area contributed by atoms with Gasteiger partial charge in [0.05, 0.1) is 18.0 Å². The van der Waals surface area contributed by atoms with Gasteiger partial charge in [-0.3, -0.25) is 4.79 Å². The average Bonchev–Trinajstić information content (AvgIpc) is 3.34. The van der Waals surface area contributed by atoms with Gasteiger partial charge in [0.2, 0.25) is 5.95 Å². The standard InChI is InChI=1S/C30H39BrN4O3/c1-6-35(7-2)19-10-9-18(23(36)15-19)17-32-28-33-25-20-11-12-24-29(3,21(20)16-22(31)26(25)34-28)13-8-14-30(24,4)27(37)38-5/h9-10,15-16,24,36H,6-8,11-14,17H2,1-5H3,(H2,32,33,34)/t24-,29-,30-/m1/s1. The molecule has 5 rings (SSSR count). The minimum absolute atomic E-state index is 0.0848. The molecule has 1 aromatic heterocycles. The molecule has 0 saturated heterocycles. The number of methoxy groups -OCH3 is 1. The highest BCUT2D eigenvalue weighted by Gasteiger charge is 2.56. The number of aromatic hydroxyl groups is 1. The van der Waals surface area contributed by atoms with Crippen molar-refractivity contribution in [1.82, 2.24) is 9.97 Å². The fourth-order valence-corrected chi connectivity index (χ4v) is 7.82. The number of H-pyrrole nitrogens is 1. The van der Waals surface area contributed by atoms with Crippen molar-refractivity contribution in [3.63, 3.8) is 0 Å². The topological polar surface area (TPSA) is 90.5 Å². The van der Waals surface area contributed by atoms with Crippen molar-refractivity contribution < 1.29 is 14.6 Å². The molecule has 8 heteroatoms. The van der Waals surface area contributed by atoms with Crippen molar-refractivity contribution in [3.8, 4) is 5.75 Å². The Morgan fingerprint density at radius 3 is 2.71 bits per heavy atom. The Morgan fingerprint density at radius 2 is 2.03 bits per heavy atom. The summed E-state index contributed by atoms with van der Waals surface area (Å²) >= 11 is 3.80. The molecule has 2 aromatic carbocycles. The molecule has 0 radical (unpaired) electrons. The van der Waals surface area contributed by atoms with Gasteiger partial charge in [-0.05, 0) is 97.0 Å². The second-order valence-electron chi connectivity index (χ2n) is 11.3. The Bertz CT molecular complexity index is 1370. The number of imidazole rings is 1. The van der Waals surface area contributed by atoms with Gasteiger partial charge >= 0.3 is 5.97 Å². The van der Waals surface area contributed by atoms with Crippen molar-refractivity contribution in [2.24, 2.45) is 11.3 Å². The van der Waals surface area contributed by atoms with Crippen molar-refractivity contribution >= 4 is 44.6 Å². The highest BCUT2D eigenvalue weighted by Crippen LogP contribution is 2.58. The minimum atomic E-state index is -0.468. The highest BCUT2D eigenvalue weighted by molar-refractivity contribution is 9.10. The summed E-state index contributed by atoms with van der Waals surface area (Å²) in [6, 6.07) is 8.09. The summed E-state index contributed by atoms with van der Waals surface area (Å²) in [5, 5.41) is 14.0. The van der Waals surface area contributed by atoms with E-state index in [1.165, 1.54) is 18.2 Å². The first kappa shape index (κ1) is 26.9. The van der Waals surface area contributed by atoms with Crippen molar-refractivity contribution in [2.45, 2.75) is 71.8 Å². The van der Waals surface area contributed by atoms with E-state index in [0.717, 1.165) is 72.0 Å². The maximum atomic E-state index is 12.9. The largest absolute Gasteiger partial charge is 0.508 e. The molecule has 0 aliphatic heterocycles. The first-order valence-corrected chi connectivity index (χ1v) is 14.6. The Labute approximate surface area is 233 Å². The predicted octanol–water partition coefficient (Wildman–Crippen LogP) is 6.67. The number of carbonyl (C=O) groups excluding carboxylic acids is 1. The molecule has 1 saturated carbocycles. The zero-order chi connectivity index (χ0) is 27.2. The van der Waals surface area contributed by atoms with Crippen molar-refractivity contribution in [3.05, 3.63) is 45.4 Å². The van der Waals surface area contributed by atoms with Gasteiger partial charge in [-0.2, -0.15) is 0 Å². The monoisotopic (exact) mass is 582 g/mol. The van der Waals surface area contributed by atoms with Crippen LogP contribution in [0.4, 0.5) is 11.6 Å². The van der Waals surface area contributed by atoms with Crippen LogP contribution < -0.4 is 10.2 Å². The van der Waals surface area contributed by atoms with Crippen LogP contribution in [0.5, 0.6) is 5.75 Å². The molecule has 7 nitrogen and oxygen atoms in total. The number of hydrogen-bond donors (Lipinski definition) is 3. The van der Waals surface area contributed by atoms with Crippen LogP contribution in [0, 0.1) is 11.3 Å². The van der Waals surface area contributed by atoms with Gasteiger partial charge in [0.1, 0.15) is 11.3 Å². The van der Waals surface area contributed by atoms with Crippen molar-refractivity contribution in [2.75, 3.05) is 30.4 Å². The van der Waals surface area contributed by atoms with Crippen molar-refractivity contribution in [1.29, 1.82) is 0 Å². The molecule has 0 unspecified atom stereocenters. The fraction of sp³-hybridized carbons (Fsp3) is 0.533. The third-order valence-electron chi connectivity index (χ3n) is 9.35. The average molecular weight is 584 g/mol. The molecule has 3 aromatic rings. The molecule has 0 spiro atoms. The van der Waals surface area contributed by atoms with E-state index in [2.05, 4.69) is 71.0 Å². The van der Waals surface area contributed by atoms with Crippen LogP contribution in [-0.4, -0.2) is 41.2 Å². The summed E-state index contributed by atoms with van der Waals surface area (Å²) in [6.07, 6.45) is 4.76. The molecule has 2 aliphatic rings. The number of phenolic OH excluding ortho intramolecular Hbond substituents is 1. The molecule has 3 N–H and O–H groups in total. The van der Waals surface area contributed by atoms with Crippen LogP contribution in [0.3, 0.4) is 0 Å². The third kappa shape index (κ3) is 4.25. The van der Waals surface area contributed by atoms with Gasteiger partial charge in [0.25, 0.3) is 0 Å². The molecule has 38 heavy (non-hydrogen) atoms. The number of fused-ring (bicyclic) bond motifs is 5. The second kappa shape index (κ2) is 10.1. The lowest BCUT2D eigenvalue weighted by Gasteiger charge is -2.54. The number of nitrogens with zero attached hydrogens (tertiary/aromatic N) is 2. The van der Waals surface area contributed by atoms with Gasteiger partial charge in [-0.15, -0.1) is 0 Å². The molecule has 0 bridgehead atoms. The number of aromatic amines is 1. The SMILES string of the molecule is CCN(CC)c1ccc(CNc2nc3c(Br)cc4c(c3[nH]2)CC[C@H]2[C@](C)(C(=O)OC)CCC[C@]42C)c(O)c1. The van der Waals surface area contributed by atoms with Crippen LogP contribution in [0.15, 0.2) is 28.7 Å². The van der Waals surface area contributed by atoms with Gasteiger partial charge in [-0.1, -0.05) is 19.4 Å². The Hall–Kier alpha value is -2.74. The third-order valence-corrected chi connectivity index (χ3v) is 9.96. The first-order chi connectivity index (χ1) is 18.2. The zero-order valence-corrected chi connectivity index (χ0v) is 24.7. The number of aromatic nitrogens is 2. The number of hydrogen-bond acceptors (Lipinski definition) is 6. The maximum absolute atomic E-state index is 12.9. The van der Waals surface area contributed by atoms with E-state index in [9.17, 15) is 9.90 Å². The Kier molecular flexibility index (Phi) is 7.14. The molecule has 204 valence electrons. The number of anilines is 2. The van der Waals surface area contributed by atoms with Crippen LogP contribution in [0.2, 0.25) is 0 Å². The van der Waals surface area contributed by atoms with Gasteiger partial charge in [0.15, 0.2) is 0 Å². The predicted molar refractivity (Wildman–Crippen MR) is 156 cm³/mol. The number of ether oxygens (including phenoxy) is 1. The summed E-state index contributed by atoms with van der Waals surface area (Å²) in [4.78, 5) is 23.5. The zero-order valence-electron chi connectivity index (χ0n) is 23.1. The number of esters is 1. The van der Waals surface area contributed by atoms with Crippen LogP contribution in [-0.2, 0) is 27.9 Å². The number of nitrogens with one attached hydrogen (secondary N) is 2. The molecule has 0 amide bonds. The number of carbonyl (C=O) groups is 1. The normalized spacial score (nSPS) is 24.5. The lowest BCUT2D eigenvalue weighted by molar-refractivity contribution is -0.161. The summed E-state index contributed by atoms with van der Waals surface area (Å²) in [6.45, 7) is 10.9. The quantitative estimate of drug-likeness (QED) is 0.269. The van der Waals surface area contributed by atoms with Gasteiger partial charge < -0.3 is 25.0 Å². The van der Waals surface area contributed by atoms with Gasteiger partial charge in [-0.25, -0.2) is 4.98 Å². The summed E-state index contributed by atoms with van der Waals surface area (Å²) < 4.78 is 6.23. The smallest absolute Gasteiger partial charge is 0.311 e. The van der Waals surface area contributed by atoms with E-state index in [1.54, 1.807) is 0 Å². The lowest BCUT2D eigenvalue weighted by Crippen LogP contribution is -2.52. The highest BCUT2D eigenvalue weighted by atomic mass is 79.9. The fourth-order valence-electron chi connectivity index (χ4n) is 7.30. The molecule has 1 heterocycles. The Morgan fingerprint density at radius 1 is 1.26 bits per heavy atom. The van der Waals surface area contributed by atoms with E-state index < -0.39 is 5.41 Å². The summed E-state index contributed by atoms with van der Waals surface area (Å²) in [5.74, 6) is 1.10. The van der Waals surface area contributed by atoms with Crippen LogP contribution in [0.25, 0.3) is 11.0 Å². The molecule has 1 fully saturated rings. The number of aryl methyl sites for hydroxylation is 1. The Balaban J connectivity index is 1.44. The van der Waals surface area contributed by atoms with Crippen LogP contribution >= 0.6 is 15.9 Å². The van der Waals surface area contributed by atoms with E-state index in [-0.39, 0.29) is 23.1 Å². The number of rotatable bonds is 7. The second-order valence-corrected chi connectivity index (χ2v) is 12.2. The molecule has 3 atom stereocenters. The molecular weight excluding hydrogens is 544 g/mol. The van der Waals surface area contributed by atoms with E-state index in [4.69, 9.17) is 9.72 Å². The number of phenols is 1. The van der Waals surface area contributed by atoms with E-state index in [0.29, 0.717) is 12.5 Å². The number of halogens is 1. The summed E-state index contributed by atoms with van der Waals surface area (Å²) in [5.41, 5.74) is 5.82. The lowest BCUT2D eigenvalue weighted by atomic mass is 9.50.